The molecule has 162 valence electrons. The van der Waals surface area contributed by atoms with E-state index in [9.17, 15) is 23.2 Å². The number of hydrogen-bond donors (Lipinski definition) is 0. The maximum absolute atomic E-state index is 12.7. The number of esters is 1. The highest BCUT2D eigenvalue weighted by Gasteiger charge is 2.62. The minimum Gasteiger partial charge on any atom is -0.457 e. The minimum atomic E-state index is -4.68. The van der Waals surface area contributed by atoms with Crippen LogP contribution in [0.3, 0.4) is 0 Å². The predicted molar refractivity (Wildman–Crippen MR) is 108 cm³/mol. The first-order valence-corrected chi connectivity index (χ1v) is 9.79. The molecule has 1 saturated carbocycles. The Kier molecular flexibility index (Phi) is 6.33. The van der Waals surface area contributed by atoms with E-state index in [4.69, 9.17) is 21.1 Å². The maximum Gasteiger partial charge on any atom is 0.426 e. The molecule has 1 fully saturated rings. The average molecular weight is 450 g/mol. The fourth-order valence-corrected chi connectivity index (χ4v) is 3.55. The molecule has 8 heteroatoms. The molecule has 2 aromatic carbocycles. The summed E-state index contributed by atoms with van der Waals surface area (Å²) in [6, 6.07) is 17.4. The summed E-state index contributed by atoms with van der Waals surface area (Å²) >= 11 is 5.32. The summed E-state index contributed by atoms with van der Waals surface area (Å²) in [4.78, 5) is 12.6. The largest absolute Gasteiger partial charge is 0.457 e. The molecule has 3 atom stereocenters. The fourth-order valence-electron chi connectivity index (χ4n) is 3.42. The van der Waals surface area contributed by atoms with Gasteiger partial charge in [-0.1, -0.05) is 61.9 Å². The number of allylic oxidation sites excluding steroid dienone is 2. The maximum atomic E-state index is 12.7. The lowest BCUT2D eigenvalue weighted by molar-refractivity contribution is -0.149. The summed E-state index contributed by atoms with van der Waals surface area (Å²) < 4.78 is 49.2. The average Bonchev–Trinajstić information content (AvgIpc) is 3.26. The summed E-state index contributed by atoms with van der Waals surface area (Å²) in [5.74, 6) is -1.27. The van der Waals surface area contributed by atoms with Crippen LogP contribution in [0.15, 0.2) is 65.7 Å². The number of nitriles is 1. The van der Waals surface area contributed by atoms with Gasteiger partial charge in [-0.05, 0) is 35.6 Å². The summed E-state index contributed by atoms with van der Waals surface area (Å²) in [7, 11) is 0. The first-order chi connectivity index (χ1) is 14.5. The van der Waals surface area contributed by atoms with Gasteiger partial charge in [-0.15, -0.1) is 0 Å². The monoisotopic (exact) mass is 449 g/mol. The van der Waals surface area contributed by atoms with Gasteiger partial charge in [-0.25, -0.2) is 0 Å². The number of nitrogens with zero attached hydrogens (tertiary/aromatic N) is 1. The van der Waals surface area contributed by atoms with Crippen LogP contribution < -0.4 is 4.74 Å². The van der Waals surface area contributed by atoms with Crippen molar-refractivity contribution in [1.82, 2.24) is 0 Å². The van der Waals surface area contributed by atoms with E-state index < -0.39 is 40.5 Å². The fraction of sp³-hybridized carbons (Fsp3) is 0.304. The second kappa shape index (κ2) is 8.64. The SMILES string of the molecule is CC1(C)C(/C=C(\Cl)C(F)(F)F)C1C(=O)O[C@H](C#N)c1cccc(Oc2ccccc2)c1. The number of para-hydroxylation sites is 1. The van der Waals surface area contributed by atoms with E-state index in [1.54, 1.807) is 50.2 Å². The van der Waals surface area contributed by atoms with Crippen molar-refractivity contribution in [3.8, 4) is 17.6 Å². The molecule has 0 aromatic heterocycles. The molecule has 2 aromatic rings. The van der Waals surface area contributed by atoms with Crippen LogP contribution in [0.5, 0.6) is 11.5 Å². The number of carbonyl (C=O) groups excluding carboxylic acids is 1. The Morgan fingerprint density at radius 1 is 1.16 bits per heavy atom. The molecule has 0 saturated heterocycles. The van der Waals surface area contributed by atoms with Crippen LogP contribution in [-0.2, 0) is 9.53 Å². The Bertz CT molecular complexity index is 1030. The van der Waals surface area contributed by atoms with E-state index >= 15 is 0 Å². The van der Waals surface area contributed by atoms with E-state index in [0.717, 1.165) is 6.08 Å². The van der Waals surface area contributed by atoms with Crippen LogP contribution in [-0.4, -0.2) is 12.1 Å². The van der Waals surface area contributed by atoms with Crippen LogP contribution in [0.2, 0.25) is 0 Å². The zero-order valence-electron chi connectivity index (χ0n) is 16.7. The van der Waals surface area contributed by atoms with Gasteiger partial charge in [-0.2, -0.15) is 18.4 Å². The Morgan fingerprint density at radius 2 is 1.81 bits per heavy atom. The van der Waals surface area contributed by atoms with E-state index in [0.29, 0.717) is 17.1 Å². The van der Waals surface area contributed by atoms with Gasteiger partial charge in [0.2, 0.25) is 6.10 Å². The summed E-state index contributed by atoms with van der Waals surface area (Å²) in [5.41, 5.74) is -0.371. The first-order valence-electron chi connectivity index (χ1n) is 9.41. The van der Waals surface area contributed by atoms with Crippen molar-refractivity contribution in [2.24, 2.45) is 17.3 Å². The van der Waals surface area contributed by atoms with Gasteiger partial charge in [0.1, 0.15) is 22.6 Å². The quantitative estimate of drug-likeness (QED) is 0.469. The van der Waals surface area contributed by atoms with E-state index in [2.05, 4.69) is 0 Å². The van der Waals surface area contributed by atoms with Gasteiger partial charge >= 0.3 is 12.1 Å². The van der Waals surface area contributed by atoms with Crippen LogP contribution in [0, 0.1) is 28.6 Å². The van der Waals surface area contributed by atoms with Gasteiger partial charge in [0, 0.05) is 5.56 Å². The Morgan fingerprint density at radius 3 is 2.42 bits per heavy atom. The minimum absolute atomic E-state index is 0.392. The van der Waals surface area contributed by atoms with Crippen molar-refractivity contribution in [3.05, 3.63) is 71.3 Å². The van der Waals surface area contributed by atoms with Gasteiger partial charge in [0.15, 0.2) is 0 Å². The third-order valence-electron chi connectivity index (χ3n) is 5.25. The Balaban J connectivity index is 1.72. The zero-order valence-corrected chi connectivity index (χ0v) is 17.4. The predicted octanol–water partition coefficient (Wildman–Crippen LogP) is 6.54. The molecule has 1 aliphatic rings. The normalized spacial score (nSPS) is 21.0. The van der Waals surface area contributed by atoms with Crippen molar-refractivity contribution < 1.29 is 27.4 Å². The van der Waals surface area contributed by atoms with Gasteiger partial charge < -0.3 is 9.47 Å². The molecule has 4 nitrogen and oxygen atoms in total. The second-order valence-electron chi connectivity index (χ2n) is 7.77. The number of hydrogen-bond acceptors (Lipinski definition) is 4. The molecule has 0 aliphatic heterocycles. The lowest BCUT2D eigenvalue weighted by atomic mass is 10.1. The number of rotatable bonds is 6. The molecule has 0 amide bonds. The molecule has 0 radical (unpaired) electrons. The van der Waals surface area contributed by atoms with Crippen LogP contribution in [0.25, 0.3) is 0 Å². The number of halogens is 4. The summed E-state index contributed by atoms with van der Waals surface area (Å²) in [6.07, 6.45) is -5.07. The zero-order chi connectivity index (χ0) is 22.8. The van der Waals surface area contributed by atoms with Crippen molar-refractivity contribution in [3.63, 3.8) is 0 Å². The molecule has 0 spiro atoms. The topological polar surface area (TPSA) is 59.3 Å². The third-order valence-corrected chi connectivity index (χ3v) is 5.59. The van der Waals surface area contributed by atoms with Crippen LogP contribution in [0.4, 0.5) is 13.2 Å². The third kappa shape index (κ3) is 5.20. The molecule has 0 heterocycles. The van der Waals surface area contributed by atoms with E-state index in [-0.39, 0.29) is 0 Å². The molecular formula is C23H19ClF3NO3. The van der Waals surface area contributed by atoms with Gasteiger partial charge in [0.05, 0.1) is 5.92 Å². The highest BCUT2D eigenvalue weighted by Crippen LogP contribution is 2.60. The number of benzene rings is 2. The second-order valence-corrected chi connectivity index (χ2v) is 8.18. The van der Waals surface area contributed by atoms with Crippen LogP contribution in [0.1, 0.15) is 25.5 Å². The van der Waals surface area contributed by atoms with Crippen molar-refractivity contribution in [1.29, 1.82) is 5.26 Å². The lowest BCUT2D eigenvalue weighted by Crippen LogP contribution is -2.14. The molecule has 0 bridgehead atoms. The molecule has 3 rings (SSSR count). The standard InChI is InChI=1S/C23H19ClF3NO3/c1-22(2)17(12-19(24)23(25,26)27)20(22)21(29)31-18(13-28)14-7-6-10-16(11-14)30-15-8-4-3-5-9-15/h3-12,17-18,20H,1-2H3/b19-12-/t17?,18-,20?/m1/s1. The van der Waals surface area contributed by atoms with Crippen molar-refractivity contribution >= 4 is 17.6 Å². The summed E-state index contributed by atoms with van der Waals surface area (Å²) in [5, 5.41) is 8.23. The smallest absolute Gasteiger partial charge is 0.426 e. The highest BCUT2D eigenvalue weighted by atomic mass is 35.5. The van der Waals surface area contributed by atoms with Gasteiger partial charge in [-0.3, -0.25) is 4.79 Å². The number of alkyl halides is 3. The molecule has 1 aliphatic carbocycles. The number of ether oxygens (including phenoxy) is 2. The summed E-state index contributed by atoms with van der Waals surface area (Å²) in [6.45, 7) is 3.30. The molecule has 31 heavy (non-hydrogen) atoms. The first kappa shape index (κ1) is 22.7. The van der Waals surface area contributed by atoms with Crippen molar-refractivity contribution in [2.45, 2.75) is 26.1 Å². The van der Waals surface area contributed by atoms with E-state index in [1.807, 2.05) is 24.3 Å². The molecule has 0 N–H and O–H groups in total. The Hall–Kier alpha value is -2.98. The van der Waals surface area contributed by atoms with Crippen molar-refractivity contribution in [2.75, 3.05) is 0 Å². The molecule has 2 unspecified atom stereocenters. The van der Waals surface area contributed by atoms with Gasteiger partial charge in [0.25, 0.3) is 0 Å². The van der Waals surface area contributed by atoms with Crippen LogP contribution >= 0.6 is 11.6 Å². The number of carbonyl (C=O) groups is 1. The Labute approximate surface area is 182 Å². The lowest BCUT2D eigenvalue weighted by Gasteiger charge is -2.13. The van der Waals surface area contributed by atoms with E-state index in [1.165, 1.54) is 0 Å². The highest BCUT2D eigenvalue weighted by molar-refractivity contribution is 6.30. The molecular weight excluding hydrogens is 431 g/mol.